The number of aromatic nitrogens is 2. The minimum atomic E-state index is -1.28. The van der Waals surface area contributed by atoms with Crippen molar-refractivity contribution in [3.05, 3.63) is 89.9 Å². The summed E-state index contributed by atoms with van der Waals surface area (Å²) in [5.41, 5.74) is 0.0919. The van der Waals surface area contributed by atoms with Crippen molar-refractivity contribution >= 4 is 35.9 Å². The summed E-state index contributed by atoms with van der Waals surface area (Å²) >= 11 is 0. The number of carbonyl (C=O) groups is 6. The molecule has 2 fully saturated rings. The van der Waals surface area contributed by atoms with Crippen LogP contribution in [0.2, 0.25) is 0 Å². The first kappa shape index (κ1) is 49.3. The second-order valence-electron chi connectivity index (χ2n) is 18.0. The number of alkyl carbamates (subject to hydrolysis) is 1. The van der Waals surface area contributed by atoms with Gasteiger partial charge in [-0.2, -0.15) is 0 Å². The summed E-state index contributed by atoms with van der Waals surface area (Å²) in [5.74, 6) is -3.90. The Morgan fingerprint density at radius 2 is 1.65 bits per heavy atom. The molecule has 3 aliphatic heterocycles. The number of halogens is 2. The third kappa shape index (κ3) is 13.2. The van der Waals surface area contributed by atoms with Crippen molar-refractivity contribution in [3.8, 4) is 11.3 Å². The molecule has 1 aromatic heterocycles. The Morgan fingerprint density at radius 3 is 2.33 bits per heavy atom. The van der Waals surface area contributed by atoms with Gasteiger partial charge < -0.3 is 38.6 Å². The van der Waals surface area contributed by atoms with Crippen molar-refractivity contribution in [1.82, 2.24) is 29.6 Å². The molecule has 0 spiro atoms. The van der Waals surface area contributed by atoms with E-state index >= 15 is 4.39 Å². The highest BCUT2D eigenvalue weighted by atomic mass is 19.1. The summed E-state index contributed by atoms with van der Waals surface area (Å²) in [6, 6.07) is 11.7. The van der Waals surface area contributed by atoms with Crippen LogP contribution in [-0.2, 0) is 44.7 Å². The maximum Gasteiger partial charge on any atom is 0.410 e. The fourth-order valence-corrected chi connectivity index (χ4v) is 8.55. The van der Waals surface area contributed by atoms with Crippen LogP contribution in [0.25, 0.3) is 11.3 Å². The van der Waals surface area contributed by atoms with Crippen LogP contribution in [0.1, 0.15) is 90.6 Å². The van der Waals surface area contributed by atoms with Gasteiger partial charge in [0.1, 0.15) is 29.2 Å². The van der Waals surface area contributed by atoms with Crippen LogP contribution < -0.4 is 5.32 Å². The Kier molecular flexibility index (Phi) is 16.7. The van der Waals surface area contributed by atoms with E-state index in [1.54, 1.807) is 31.9 Å². The quantitative estimate of drug-likeness (QED) is 0.0632. The van der Waals surface area contributed by atoms with E-state index in [0.29, 0.717) is 57.7 Å². The lowest BCUT2D eigenvalue weighted by molar-refractivity contribution is -0.160. The molecule has 0 unspecified atom stereocenters. The van der Waals surface area contributed by atoms with Crippen molar-refractivity contribution in [3.63, 3.8) is 0 Å². The molecule has 356 valence electrons. The zero-order chi connectivity index (χ0) is 47.5. The van der Waals surface area contributed by atoms with Crippen LogP contribution in [0.4, 0.5) is 18.4 Å². The Morgan fingerprint density at radius 1 is 0.955 bits per heavy atom. The minimum absolute atomic E-state index is 0.0227. The number of carbonyl (C=O) groups excluding carboxylic acids is 6. The Hall–Kier alpha value is -6.17. The van der Waals surface area contributed by atoms with E-state index in [1.807, 2.05) is 34.9 Å². The molecule has 5 amide bonds. The first-order valence-electron chi connectivity index (χ1n) is 22.5. The summed E-state index contributed by atoms with van der Waals surface area (Å²) in [6.07, 6.45) is 4.16. The van der Waals surface area contributed by atoms with E-state index in [0.717, 1.165) is 30.2 Å². The molecule has 6 rings (SSSR count). The predicted molar refractivity (Wildman–Crippen MR) is 236 cm³/mol. The first-order chi connectivity index (χ1) is 31.5. The largest absolute Gasteiger partial charge is 0.453 e. The zero-order valence-electron chi connectivity index (χ0n) is 38.2. The molecule has 16 nitrogen and oxygen atoms in total. The molecule has 0 radical (unpaired) electrons. The molecule has 3 aromatic rings. The molecule has 4 atom stereocenters. The lowest BCUT2D eigenvalue weighted by Gasteiger charge is -2.41. The molecule has 0 bridgehead atoms. The Balaban J connectivity index is 1.31. The van der Waals surface area contributed by atoms with E-state index < -0.39 is 65.5 Å². The van der Waals surface area contributed by atoms with Gasteiger partial charge in [0.05, 0.1) is 18.3 Å². The molecule has 2 aromatic carbocycles. The molecule has 0 saturated carbocycles. The second-order valence-corrected chi connectivity index (χ2v) is 18.0. The lowest BCUT2D eigenvalue weighted by Crippen LogP contribution is -2.50. The fraction of sp³-hybridized carbons (Fsp3) is 0.521. The first-order valence-corrected chi connectivity index (χ1v) is 22.5. The highest BCUT2D eigenvalue weighted by Gasteiger charge is 2.45. The number of benzene rings is 2. The number of hydrogen-bond donors (Lipinski definition) is 1. The summed E-state index contributed by atoms with van der Waals surface area (Å²) in [5, 5.41) is 2.79. The maximum atomic E-state index is 15.5. The number of imide groups is 1. The molecule has 3 aliphatic rings. The molecule has 4 heterocycles. The Bertz CT molecular complexity index is 2220. The number of unbranched alkanes of at least 4 members (excludes halogenated alkanes) is 3. The highest BCUT2D eigenvalue weighted by Crippen LogP contribution is 2.39. The Labute approximate surface area is 383 Å². The summed E-state index contributed by atoms with van der Waals surface area (Å²) in [7, 11) is 0. The predicted octanol–water partition coefficient (Wildman–Crippen LogP) is 6.57. The maximum absolute atomic E-state index is 15.5. The van der Waals surface area contributed by atoms with Gasteiger partial charge in [0.2, 0.25) is 0 Å². The molecular formula is C48H60F2N6O10. The molecule has 0 aliphatic carbocycles. The van der Waals surface area contributed by atoms with Crippen LogP contribution in [0.15, 0.2) is 66.9 Å². The van der Waals surface area contributed by atoms with Crippen LogP contribution in [0.3, 0.4) is 0 Å². The normalized spacial score (nSPS) is 18.6. The number of likely N-dealkylation sites (tertiary alicyclic amines) is 1. The van der Waals surface area contributed by atoms with Crippen LogP contribution in [0, 0.1) is 23.5 Å². The van der Waals surface area contributed by atoms with E-state index in [4.69, 9.17) is 23.9 Å². The van der Waals surface area contributed by atoms with Crippen LogP contribution >= 0.6 is 0 Å². The number of hydrogen-bond acceptors (Lipinski definition) is 11. The van der Waals surface area contributed by atoms with Crippen molar-refractivity contribution in [1.29, 1.82) is 0 Å². The van der Waals surface area contributed by atoms with E-state index in [-0.39, 0.29) is 61.7 Å². The smallest absolute Gasteiger partial charge is 0.410 e. The number of amides is 5. The summed E-state index contributed by atoms with van der Waals surface area (Å²) in [6.45, 7) is 9.30. The van der Waals surface area contributed by atoms with Gasteiger partial charge in [-0.25, -0.2) is 23.4 Å². The van der Waals surface area contributed by atoms with E-state index in [1.165, 1.54) is 35.8 Å². The number of ether oxygens (including phenoxy) is 4. The average molecular weight is 919 g/mol. The van der Waals surface area contributed by atoms with Crippen molar-refractivity contribution in [2.45, 2.75) is 104 Å². The molecule has 2 saturated heterocycles. The number of nitrogens with one attached hydrogen (secondary N) is 1. The average Bonchev–Trinajstić information content (AvgIpc) is 3.96. The molecule has 1 N–H and O–H groups in total. The third-order valence-electron chi connectivity index (χ3n) is 11.7. The second kappa shape index (κ2) is 22.3. The van der Waals surface area contributed by atoms with Crippen molar-refractivity contribution in [2.24, 2.45) is 11.8 Å². The lowest BCUT2D eigenvalue weighted by atomic mass is 9.88. The number of esters is 1. The highest BCUT2D eigenvalue weighted by molar-refractivity contribution is 6.12. The minimum Gasteiger partial charge on any atom is -0.453 e. The van der Waals surface area contributed by atoms with Gasteiger partial charge in [0, 0.05) is 82.7 Å². The van der Waals surface area contributed by atoms with Gasteiger partial charge in [-0.3, -0.25) is 24.1 Å². The van der Waals surface area contributed by atoms with Crippen LogP contribution in [0.5, 0.6) is 0 Å². The van der Waals surface area contributed by atoms with Gasteiger partial charge >= 0.3 is 18.2 Å². The van der Waals surface area contributed by atoms with Gasteiger partial charge in [0.25, 0.3) is 17.7 Å². The van der Waals surface area contributed by atoms with Gasteiger partial charge in [-0.1, -0.05) is 43.2 Å². The zero-order valence-corrected chi connectivity index (χ0v) is 38.2. The van der Waals surface area contributed by atoms with Crippen molar-refractivity contribution in [2.75, 3.05) is 45.9 Å². The number of imidazole rings is 1. The summed E-state index contributed by atoms with van der Waals surface area (Å²) < 4.78 is 55.0. The van der Waals surface area contributed by atoms with Crippen LogP contribution in [-0.4, -0.2) is 124 Å². The number of nitrogens with zero attached hydrogens (tertiary/aromatic N) is 5. The van der Waals surface area contributed by atoms with Gasteiger partial charge in [-0.15, -0.1) is 0 Å². The topological polar surface area (TPSA) is 179 Å². The standard InChI is InChI=1S/C48H60F2N6O10/c1-31(64-32(2)57)45(60)56(43(34-19-23-63-24-20-34)44-52-39(37-25-36(49)15-16-38(37)50)29-53(44)26-33-13-9-8-10-14-33)28-35-27-54(47(62)66-48(3,4)5)30-40(35)65-46(61)51-21-11-6-7-12-22-55-41(58)17-18-42(55)59/h8-10,13-18,25,29,31,34-35,40,43H,6-7,11-12,19-24,26-28,30H2,1-5H3,(H,51,61)/t31-,35-,40+,43+/m0/s1. The molecular weight excluding hydrogens is 859 g/mol. The van der Waals surface area contributed by atoms with Gasteiger partial charge in [-0.05, 0) is 83.1 Å². The van der Waals surface area contributed by atoms with Crippen molar-refractivity contribution < 1.29 is 56.5 Å². The summed E-state index contributed by atoms with van der Waals surface area (Å²) in [4.78, 5) is 87.2. The molecule has 66 heavy (non-hydrogen) atoms. The van der Waals surface area contributed by atoms with E-state index in [9.17, 15) is 33.2 Å². The van der Waals surface area contributed by atoms with Gasteiger partial charge in [0.15, 0.2) is 6.10 Å². The van der Waals surface area contributed by atoms with E-state index in [2.05, 4.69) is 5.32 Å². The molecule has 18 heteroatoms. The third-order valence-corrected chi connectivity index (χ3v) is 11.7. The SMILES string of the molecule is CC(=O)O[C@@H](C)C(=O)N(C[C@@H]1CN(C(=O)OC(C)(C)C)C[C@H]1OC(=O)NCCCCCCN1C(=O)C=CC1=O)[C@@H](c1nc(-c2cc(F)ccc2F)cn1Cc1ccccc1)C1CCOCC1. The fourth-order valence-electron chi connectivity index (χ4n) is 8.55. The number of rotatable bonds is 18. The monoisotopic (exact) mass is 918 g/mol.